The molecule has 0 bridgehead atoms. The molecule has 0 aliphatic carbocycles. The van der Waals surface area contributed by atoms with E-state index in [1.807, 2.05) is 0 Å². The van der Waals surface area contributed by atoms with Gasteiger partial charge in [-0.1, -0.05) is 23.7 Å². The summed E-state index contributed by atoms with van der Waals surface area (Å²) >= 11 is 5.85. The van der Waals surface area contributed by atoms with Crippen LogP contribution in [0.2, 0.25) is 5.02 Å². The Morgan fingerprint density at radius 3 is 2.43 bits per heavy atom. The lowest BCUT2D eigenvalue weighted by Crippen LogP contribution is -2.29. The van der Waals surface area contributed by atoms with Crippen molar-refractivity contribution in [1.29, 1.82) is 0 Å². The molecule has 152 valence electrons. The first kappa shape index (κ1) is 19.9. The third kappa shape index (κ3) is 3.30. The van der Waals surface area contributed by atoms with Crippen molar-refractivity contribution < 1.29 is 22.7 Å². The van der Waals surface area contributed by atoms with E-state index in [0.717, 1.165) is 0 Å². The van der Waals surface area contributed by atoms with Crippen LogP contribution < -0.4 is 14.4 Å². The number of nitrogens with one attached hydrogen (secondary N) is 1. The van der Waals surface area contributed by atoms with E-state index in [0.29, 0.717) is 20.8 Å². The van der Waals surface area contributed by atoms with Gasteiger partial charge in [0.2, 0.25) is 0 Å². The molecule has 7 nitrogen and oxygen atoms in total. The fourth-order valence-electron chi connectivity index (χ4n) is 3.15. The van der Waals surface area contributed by atoms with Crippen LogP contribution in [0, 0.1) is 0 Å². The highest BCUT2D eigenvalue weighted by Crippen LogP contribution is 2.35. The van der Waals surface area contributed by atoms with Crippen LogP contribution in [-0.4, -0.2) is 27.3 Å². The van der Waals surface area contributed by atoms with Gasteiger partial charge in [-0.05, 0) is 54.6 Å². The Kier molecular flexibility index (Phi) is 4.97. The summed E-state index contributed by atoms with van der Waals surface area (Å²) in [7, 11) is -2.69. The second-order valence-corrected chi connectivity index (χ2v) is 8.61. The maximum atomic E-state index is 13.0. The molecule has 0 atom stereocenters. The average molecular weight is 443 g/mol. The zero-order valence-corrected chi connectivity index (χ0v) is 17.2. The third-order valence-corrected chi connectivity index (χ3v) is 6.60. The monoisotopic (exact) mass is 442 g/mol. The Bertz CT molecular complexity index is 1270. The second-order valence-electron chi connectivity index (χ2n) is 6.42. The van der Waals surface area contributed by atoms with E-state index in [9.17, 15) is 18.0 Å². The normalized spacial score (nSPS) is 14.3. The van der Waals surface area contributed by atoms with Crippen molar-refractivity contribution >= 4 is 44.8 Å². The van der Waals surface area contributed by atoms with E-state index < -0.39 is 21.8 Å². The van der Waals surface area contributed by atoms with E-state index in [1.54, 1.807) is 24.3 Å². The number of hydrogen-bond donors (Lipinski definition) is 1. The Hall–Kier alpha value is -3.36. The lowest BCUT2D eigenvalue weighted by Gasteiger charge is -2.15. The number of amides is 2. The van der Waals surface area contributed by atoms with E-state index in [1.165, 1.54) is 49.6 Å². The molecule has 0 radical (unpaired) electrons. The molecule has 30 heavy (non-hydrogen) atoms. The van der Waals surface area contributed by atoms with Crippen molar-refractivity contribution in [2.75, 3.05) is 16.7 Å². The number of carbonyl (C=O) groups is 2. The molecule has 1 heterocycles. The molecule has 0 saturated heterocycles. The van der Waals surface area contributed by atoms with Gasteiger partial charge in [-0.3, -0.25) is 9.59 Å². The number of carbonyl (C=O) groups excluding carboxylic acids is 2. The van der Waals surface area contributed by atoms with Gasteiger partial charge in [0.1, 0.15) is 10.6 Å². The number of nitrogens with zero attached hydrogens (tertiary/aromatic N) is 1. The fourth-order valence-corrected chi connectivity index (χ4v) is 4.89. The molecule has 4 rings (SSSR count). The van der Waals surface area contributed by atoms with Crippen molar-refractivity contribution in [1.82, 2.24) is 0 Å². The van der Waals surface area contributed by atoms with Crippen LogP contribution in [-0.2, 0) is 10.0 Å². The number of methoxy groups -OCH3 is 1. The van der Waals surface area contributed by atoms with Gasteiger partial charge in [-0.2, -0.15) is 4.31 Å². The molecule has 1 aliphatic rings. The molecule has 0 saturated carbocycles. The van der Waals surface area contributed by atoms with Gasteiger partial charge in [-0.25, -0.2) is 8.42 Å². The van der Waals surface area contributed by atoms with Crippen molar-refractivity contribution in [2.45, 2.75) is 4.90 Å². The molecule has 3 aromatic rings. The van der Waals surface area contributed by atoms with E-state index in [-0.39, 0.29) is 21.7 Å². The van der Waals surface area contributed by atoms with Crippen molar-refractivity contribution in [3.05, 3.63) is 82.9 Å². The van der Waals surface area contributed by atoms with E-state index >= 15 is 0 Å². The largest absolute Gasteiger partial charge is 0.495 e. The number of rotatable bonds is 4. The van der Waals surface area contributed by atoms with Gasteiger partial charge < -0.3 is 10.1 Å². The van der Waals surface area contributed by atoms with Gasteiger partial charge in [-0.15, -0.1) is 0 Å². The smallest absolute Gasteiger partial charge is 0.273 e. The number of anilines is 2. The van der Waals surface area contributed by atoms with Gasteiger partial charge in [0.15, 0.2) is 0 Å². The Morgan fingerprint density at radius 2 is 1.73 bits per heavy atom. The van der Waals surface area contributed by atoms with E-state index in [4.69, 9.17) is 16.3 Å². The number of fused-ring (bicyclic) bond motifs is 1. The summed E-state index contributed by atoms with van der Waals surface area (Å²) in [4.78, 5) is 25.2. The Balaban J connectivity index is 1.70. The number of benzene rings is 3. The van der Waals surface area contributed by atoms with Gasteiger partial charge in [0.05, 0.1) is 24.0 Å². The van der Waals surface area contributed by atoms with Crippen LogP contribution in [0.15, 0.2) is 71.6 Å². The Labute approximate surface area is 177 Å². The molecule has 0 fully saturated rings. The summed E-state index contributed by atoms with van der Waals surface area (Å²) in [6, 6.07) is 16.6. The van der Waals surface area contributed by atoms with E-state index in [2.05, 4.69) is 5.32 Å². The van der Waals surface area contributed by atoms with Crippen molar-refractivity contribution in [3.63, 3.8) is 0 Å². The van der Waals surface area contributed by atoms with Crippen molar-refractivity contribution in [2.24, 2.45) is 0 Å². The molecule has 0 aromatic heterocycles. The number of hydrogen-bond acceptors (Lipinski definition) is 5. The van der Waals surface area contributed by atoms with Crippen LogP contribution in [0.5, 0.6) is 5.75 Å². The number of halogens is 1. The highest BCUT2D eigenvalue weighted by Gasteiger charge is 2.42. The Morgan fingerprint density at radius 1 is 1.03 bits per heavy atom. The number of para-hydroxylation sites is 2. The fraction of sp³-hybridized carbons (Fsp3) is 0.0476. The summed E-state index contributed by atoms with van der Waals surface area (Å²) in [5, 5.41) is 3.10. The molecular formula is C21H15ClN2O5S. The first-order valence-electron chi connectivity index (χ1n) is 8.76. The first-order chi connectivity index (χ1) is 14.3. The zero-order chi connectivity index (χ0) is 21.5. The first-order valence-corrected chi connectivity index (χ1v) is 10.6. The maximum absolute atomic E-state index is 13.0. The lowest BCUT2D eigenvalue weighted by molar-refractivity contribution is 0.100. The molecule has 1 N–H and O–H groups in total. The van der Waals surface area contributed by atoms with Gasteiger partial charge in [0.25, 0.3) is 21.8 Å². The number of sulfonamides is 1. The predicted molar refractivity (Wildman–Crippen MR) is 113 cm³/mol. The summed E-state index contributed by atoms with van der Waals surface area (Å²) in [6.07, 6.45) is 0. The molecular weight excluding hydrogens is 428 g/mol. The third-order valence-electron chi connectivity index (χ3n) is 4.59. The van der Waals surface area contributed by atoms with Crippen molar-refractivity contribution in [3.8, 4) is 5.75 Å². The average Bonchev–Trinajstić information content (AvgIpc) is 2.94. The lowest BCUT2D eigenvalue weighted by atomic mass is 10.1. The summed E-state index contributed by atoms with van der Waals surface area (Å²) < 4.78 is 32.0. The molecule has 3 aromatic carbocycles. The minimum Gasteiger partial charge on any atom is -0.495 e. The summed E-state index contributed by atoms with van der Waals surface area (Å²) in [6.45, 7) is 0. The predicted octanol–water partition coefficient (Wildman–Crippen LogP) is 3.95. The van der Waals surface area contributed by atoms with Gasteiger partial charge in [0, 0.05) is 10.6 Å². The molecule has 1 aliphatic heterocycles. The highest BCUT2D eigenvalue weighted by molar-refractivity contribution is 7.94. The molecule has 2 amide bonds. The number of ether oxygens (including phenoxy) is 1. The molecule has 9 heteroatoms. The topological polar surface area (TPSA) is 92.8 Å². The highest BCUT2D eigenvalue weighted by atomic mass is 35.5. The van der Waals surface area contributed by atoms with Gasteiger partial charge >= 0.3 is 0 Å². The van der Waals surface area contributed by atoms with Crippen LogP contribution in [0.25, 0.3) is 0 Å². The second kappa shape index (κ2) is 7.47. The maximum Gasteiger partial charge on any atom is 0.273 e. The van der Waals surface area contributed by atoms with Crippen LogP contribution in [0.4, 0.5) is 11.4 Å². The standard InChI is InChI=1S/C21H15ClN2O5S/c1-29-18-5-3-2-4-17(18)23-20(25)13-6-11-16-19(12-13)30(27,28)24(21(16)26)15-9-7-14(22)8-10-15/h2-12H,1H3,(H,23,25). The summed E-state index contributed by atoms with van der Waals surface area (Å²) in [5.74, 6) is -0.761. The van der Waals surface area contributed by atoms with Crippen LogP contribution >= 0.6 is 11.6 Å². The van der Waals surface area contributed by atoms with Crippen LogP contribution in [0.1, 0.15) is 20.7 Å². The minimum absolute atomic E-state index is 0.00112. The van der Waals surface area contributed by atoms with Crippen LogP contribution in [0.3, 0.4) is 0 Å². The summed E-state index contributed by atoms with van der Waals surface area (Å²) in [5.41, 5.74) is 0.695. The quantitative estimate of drug-likeness (QED) is 0.660. The zero-order valence-electron chi connectivity index (χ0n) is 15.6. The molecule has 0 unspecified atom stereocenters. The molecule has 0 spiro atoms. The minimum atomic E-state index is -4.17. The SMILES string of the molecule is COc1ccccc1NC(=O)c1ccc2c(c1)S(=O)(=O)N(c1ccc(Cl)cc1)C2=O.